The van der Waals surface area contributed by atoms with Gasteiger partial charge in [0.1, 0.15) is 5.58 Å². The van der Waals surface area contributed by atoms with Crippen LogP contribution in [0.5, 0.6) is 0 Å². The van der Waals surface area contributed by atoms with Crippen molar-refractivity contribution < 1.29 is 9.21 Å². The van der Waals surface area contributed by atoms with Crippen molar-refractivity contribution in [3.8, 4) is 0 Å². The summed E-state index contributed by atoms with van der Waals surface area (Å²) >= 11 is 0. The first-order chi connectivity index (χ1) is 19.4. The predicted octanol–water partition coefficient (Wildman–Crippen LogP) is 6.84. The van der Waals surface area contributed by atoms with Gasteiger partial charge in [0.05, 0.1) is 23.6 Å². The van der Waals surface area contributed by atoms with Crippen molar-refractivity contribution >= 4 is 28.3 Å². The number of rotatable bonds is 9. The van der Waals surface area contributed by atoms with Gasteiger partial charge in [-0.3, -0.25) is 9.59 Å². The summed E-state index contributed by atoms with van der Waals surface area (Å²) in [4.78, 5) is 28.1. The lowest BCUT2D eigenvalue weighted by molar-refractivity contribution is -0.123. The maximum absolute atomic E-state index is 14.1. The van der Waals surface area contributed by atoms with E-state index in [0.29, 0.717) is 23.1 Å². The maximum atomic E-state index is 14.1. The van der Waals surface area contributed by atoms with Gasteiger partial charge < -0.3 is 20.4 Å². The smallest absolute Gasteiger partial charge is 0.230 e. The Morgan fingerprint density at radius 1 is 0.850 bits per heavy atom. The molecule has 4 aromatic rings. The van der Waals surface area contributed by atoms with E-state index in [1.54, 1.807) is 0 Å². The number of amides is 1. The van der Waals surface area contributed by atoms with Crippen LogP contribution in [0.4, 0.5) is 11.4 Å². The highest BCUT2D eigenvalue weighted by molar-refractivity contribution is 5.87. The summed E-state index contributed by atoms with van der Waals surface area (Å²) in [6.45, 7) is 6.47. The minimum absolute atomic E-state index is 0.114. The summed E-state index contributed by atoms with van der Waals surface area (Å²) in [6.07, 6.45) is 6.81. The highest BCUT2D eigenvalue weighted by Gasteiger charge is 2.34. The molecular formula is C34H39N3O3. The lowest BCUT2D eigenvalue weighted by Gasteiger charge is -2.31. The van der Waals surface area contributed by atoms with Crippen molar-refractivity contribution in [1.82, 2.24) is 5.32 Å². The van der Waals surface area contributed by atoms with Crippen LogP contribution < -0.4 is 21.4 Å². The van der Waals surface area contributed by atoms with E-state index in [2.05, 4.69) is 35.0 Å². The lowest BCUT2D eigenvalue weighted by Crippen LogP contribution is -2.47. The summed E-state index contributed by atoms with van der Waals surface area (Å²) < 4.78 is 5.96. The van der Waals surface area contributed by atoms with Gasteiger partial charge in [-0.2, -0.15) is 0 Å². The van der Waals surface area contributed by atoms with E-state index in [-0.39, 0.29) is 17.4 Å². The Bertz CT molecular complexity index is 1500. The molecule has 2 atom stereocenters. The maximum Gasteiger partial charge on any atom is 0.230 e. The van der Waals surface area contributed by atoms with Crippen molar-refractivity contribution in [2.45, 2.75) is 70.9 Å². The number of aryl methyl sites for hydroxylation is 3. The molecule has 1 heterocycles. The van der Waals surface area contributed by atoms with Gasteiger partial charge >= 0.3 is 0 Å². The molecule has 0 saturated heterocycles. The fraction of sp³-hybridized carbons (Fsp3) is 0.353. The average Bonchev–Trinajstić information content (AvgIpc) is 2.96. The Morgan fingerprint density at radius 3 is 2.15 bits per heavy atom. The van der Waals surface area contributed by atoms with Gasteiger partial charge in [0, 0.05) is 29.5 Å². The molecule has 0 radical (unpaired) electrons. The molecule has 1 amide bonds. The third kappa shape index (κ3) is 6.56. The third-order valence-corrected chi connectivity index (χ3v) is 7.91. The van der Waals surface area contributed by atoms with Crippen molar-refractivity contribution in [2.24, 2.45) is 0 Å². The number of benzene rings is 3. The van der Waals surface area contributed by atoms with Crippen molar-refractivity contribution in [1.29, 1.82) is 0 Å². The highest BCUT2D eigenvalue weighted by atomic mass is 16.3. The number of carbonyl (C=O) groups excluding carboxylic acids is 1. The molecule has 0 aliphatic heterocycles. The molecule has 40 heavy (non-hydrogen) atoms. The fourth-order valence-corrected chi connectivity index (χ4v) is 5.57. The summed E-state index contributed by atoms with van der Waals surface area (Å²) in [7, 11) is 0. The molecule has 1 aliphatic rings. The van der Waals surface area contributed by atoms with Crippen LogP contribution in [0.25, 0.3) is 11.0 Å². The topological polar surface area (TPSA) is 83.4 Å². The lowest BCUT2D eigenvalue weighted by atomic mass is 9.88. The predicted molar refractivity (Wildman–Crippen MR) is 163 cm³/mol. The largest absolute Gasteiger partial charge is 0.464 e. The normalized spacial score (nSPS) is 15.4. The van der Waals surface area contributed by atoms with Crippen LogP contribution in [0, 0.1) is 20.8 Å². The molecule has 208 valence electrons. The van der Waals surface area contributed by atoms with Crippen molar-refractivity contribution in [3.05, 3.63) is 105 Å². The van der Waals surface area contributed by atoms with E-state index in [4.69, 9.17) is 4.42 Å². The fourth-order valence-electron chi connectivity index (χ4n) is 5.57. The van der Waals surface area contributed by atoms with Crippen LogP contribution in [-0.4, -0.2) is 24.5 Å². The van der Waals surface area contributed by atoms with E-state index in [1.807, 2.05) is 68.4 Å². The monoisotopic (exact) mass is 537 g/mol. The Hall–Kier alpha value is -4.06. The van der Waals surface area contributed by atoms with Gasteiger partial charge in [0.15, 0.2) is 5.43 Å². The van der Waals surface area contributed by atoms with Crippen LogP contribution in [-0.2, 0) is 4.79 Å². The number of anilines is 2. The molecule has 6 nitrogen and oxygen atoms in total. The van der Waals surface area contributed by atoms with Gasteiger partial charge in [-0.15, -0.1) is 0 Å². The van der Waals surface area contributed by atoms with Crippen LogP contribution in [0.15, 0.2) is 82.2 Å². The quantitative estimate of drug-likeness (QED) is 0.218. The highest BCUT2D eigenvalue weighted by Crippen LogP contribution is 2.27. The summed E-state index contributed by atoms with van der Waals surface area (Å²) in [5.41, 5.74) is 5.85. The number of fused-ring (bicyclic) bond motifs is 1. The molecule has 3 N–H and O–H groups in total. The molecule has 6 heteroatoms. The van der Waals surface area contributed by atoms with Gasteiger partial charge in [0.25, 0.3) is 0 Å². The zero-order valence-electron chi connectivity index (χ0n) is 23.6. The molecule has 5 rings (SSSR count). The van der Waals surface area contributed by atoms with Crippen LogP contribution >= 0.6 is 0 Å². The van der Waals surface area contributed by atoms with Gasteiger partial charge in [-0.05, 0) is 70.0 Å². The zero-order chi connectivity index (χ0) is 28.1. The van der Waals surface area contributed by atoms with E-state index in [9.17, 15) is 9.59 Å². The molecule has 1 aliphatic carbocycles. The van der Waals surface area contributed by atoms with E-state index < -0.39 is 12.0 Å². The number of nitrogens with one attached hydrogen (secondary N) is 3. The molecule has 1 aromatic heterocycles. The Balaban J connectivity index is 1.56. The first-order valence-electron chi connectivity index (χ1n) is 14.3. The summed E-state index contributed by atoms with van der Waals surface area (Å²) in [5.74, 6) is -0.927. The standard InChI is InChI=1S/C34H39N3O3/c1-22-9-14-25(15-10-22)35-20-30(36-27-16-11-23(2)12-17-27)32(34(39)37-26-7-5-4-6-8-26)29-21-40-31-18-13-24(3)19-28(31)33(29)38/h9-19,21,26,30,32,35-36H,4-8,20H2,1-3H3,(H,37,39). The van der Waals surface area contributed by atoms with Crippen LogP contribution in [0.2, 0.25) is 0 Å². The van der Waals surface area contributed by atoms with Crippen molar-refractivity contribution in [3.63, 3.8) is 0 Å². The van der Waals surface area contributed by atoms with E-state index in [0.717, 1.165) is 48.2 Å². The van der Waals surface area contributed by atoms with Gasteiger partial charge in [-0.1, -0.05) is 66.3 Å². The van der Waals surface area contributed by atoms with Crippen LogP contribution in [0.3, 0.4) is 0 Å². The Morgan fingerprint density at radius 2 is 1.48 bits per heavy atom. The molecule has 2 unspecified atom stereocenters. The van der Waals surface area contributed by atoms with Gasteiger partial charge in [0.2, 0.25) is 5.91 Å². The second kappa shape index (κ2) is 12.4. The molecule has 0 spiro atoms. The number of hydrogen-bond acceptors (Lipinski definition) is 5. The Kier molecular flexibility index (Phi) is 8.54. The summed E-state index contributed by atoms with van der Waals surface area (Å²) in [6, 6.07) is 21.5. The second-order valence-electron chi connectivity index (χ2n) is 11.2. The third-order valence-electron chi connectivity index (χ3n) is 7.91. The number of carbonyl (C=O) groups is 1. The molecule has 0 bridgehead atoms. The SMILES string of the molecule is Cc1ccc(NCC(Nc2ccc(C)cc2)C(C(=O)NC2CCCCC2)c2coc3ccc(C)cc3c2=O)cc1. The van der Waals surface area contributed by atoms with Crippen molar-refractivity contribution in [2.75, 3.05) is 17.2 Å². The zero-order valence-corrected chi connectivity index (χ0v) is 23.6. The van der Waals surface area contributed by atoms with Gasteiger partial charge in [-0.25, -0.2) is 0 Å². The first kappa shape index (κ1) is 27.5. The van der Waals surface area contributed by atoms with E-state index >= 15 is 0 Å². The molecule has 1 saturated carbocycles. The Labute approximate surface area is 236 Å². The molecule has 1 fully saturated rings. The molecule has 3 aromatic carbocycles. The minimum Gasteiger partial charge on any atom is -0.464 e. The minimum atomic E-state index is -0.776. The average molecular weight is 538 g/mol. The number of hydrogen-bond donors (Lipinski definition) is 3. The first-order valence-corrected chi connectivity index (χ1v) is 14.3. The van der Waals surface area contributed by atoms with E-state index in [1.165, 1.54) is 18.2 Å². The molecular weight excluding hydrogens is 498 g/mol. The second-order valence-corrected chi connectivity index (χ2v) is 11.2. The van der Waals surface area contributed by atoms with Crippen LogP contribution in [0.1, 0.15) is 60.3 Å². The summed E-state index contributed by atoms with van der Waals surface area (Å²) in [5, 5.41) is 10.9.